The Labute approximate surface area is 103 Å². The number of carboxylic acids is 1. The molecule has 1 aromatic carbocycles. The van der Waals surface area contributed by atoms with Gasteiger partial charge in [0.15, 0.2) is 0 Å². The van der Waals surface area contributed by atoms with Crippen molar-refractivity contribution in [3.05, 3.63) is 52.9 Å². The van der Waals surface area contributed by atoms with Gasteiger partial charge in [-0.25, -0.2) is 4.79 Å². The van der Waals surface area contributed by atoms with Crippen LogP contribution < -0.4 is 5.32 Å². The van der Waals surface area contributed by atoms with Gasteiger partial charge in [-0.1, -0.05) is 17.7 Å². The van der Waals surface area contributed by atoms with E-state index < -0.39 is 5.97 Å². The van der Waals surface area contributed by atoms with Crippen LogP contribution in [0.1, 0.15) is 16.3 Å². The van der Waals surface area contributed by atoms with Gasteiger partial charge in [0.2, 0.25) is 5.76 Å². The van der Waals surface area contributed by atoms with Gasteiger partial charge < -0.3 is 14.8 Å². The quantitative estimate of drug-likeness (QED) is 0.876. The SMILES string of the molecule is O=C(O)c1ccc(CNc2cccc(Cl)c2)o1. The third kappa shape index (κ3) is 3.01. The molecule has 0 spiro atoms. The van der Waals surface area contributed by atoms with Crippen molar-refractivity contribution in [3.63, 3.8) is 0 Å². The molecule has 0 aliphatic heterocycles. The average molecular weight is 252 g/mol. The van der Waals surface area contributed by atoms with E-state index in [-0.39, 0.29) is 5.76 Å². The maximum absolute atomic E-state index is 10.6. The second-order valence-corrected chi connectivity index (χ2v) is 3.87. The first-order valence-electron chi connectivity index (χ1n) is 4.96. The second-order valence-electron chi connectivity index (χ2n) is 3.44. The molecule has 88 valence electrons. The van der Waals surface area contributed by atoms with Crippen molar-refractivity contribution in [1.82, 2.24) is 0 Å². The predicted molar refractivity (Wildman–Crippen MR) is 64.4 cm³/mol. The molecular weight excluding hydrogens is 242 g/mol. The van der Waals surface area contributed by atoms with Crippen LogP contribution in [0, 0.1) is 0 Å². The zero-order valence-corrected chi connectivity index (χ0v) is 9.57. The third-order valence-corrected chi connectivity index (χ3v) is 2.40. The second kappa shape index (κ2) is 4.93. The Bertz CT molecular complexity index is 536. The van der Waals surface area contributed by atoms with Crippen LogP contribution in [-0.4, -0.2) is 11.1 Å². The van der Waals surface area contributed by atoms with Crippen LogP contribution in [0.2, 0.25) is 5.02 Å². The number of aromatic carboxylic acids is 1. The number of anilines is 1. The summed E-state index contributed by atoms with van der Waals surface area (Å²) in [7, 11) is 0. The molecule has 2 N–H and O–H groups in total. The van der Waals surface area contributed by atoms with Gasteiger partial charge in [-0.05, 0) is 30.3 Å². The summed E-state index contributed by atoms with van der Waals surface area (Å²) >= 11 is 5.83. The standard InChI is InChI=1S/C12H10ClNO3/c13-8-2-1-3-9(6-8)14-7-10-4-5-11(17-10)12(15)16/h1-6,14H,7H2,(H,15,16). The Morgan fingerprint density at radius 3 is 2.82 bits per heavy atom. The van der Waals surface area contributed by atoms with Crippen LogP contribution in [0.25, 0.3) is 0 Å². The van der Waals surface area contributed by atoms with Gasteiger partial charge in [0, 0.05) is 10.7 Å². The largest absolute Gasteiger partial charge is 0.475 e. The fourth-order valence-electron chi connectivity index (χ4n) is 1.38. The minimum absolute atomic E-state index is 0.0621. The maximum atomic E-state index is 10.6. The molecule has 1 heterocycles. The van der Waals surface area contributed by atoms with E-state index in [2.05, 4.69) is 5.32 Å². The average Bonchev–Trinajstić information content (AvgIpc) is 2.75. The van der Waals surface area contributed by atoms with Crippen molar-refractivity contribution in [3.8, 4) is 0 Å². The molecule has 4 nitrogen and oxygen atoms in total. The molecule has 17 heavy (non-hydrogen) atoms. The Morgan fingerprint density at radius 1 is 1.35 bits per heavy atom. The molecule has 0 aliphatic carbocycles. The van der Waals surface area contributed by atoms with E-state index >= 15 is 0 Å². The molecule has 0 bridgehead atoms. The van der Waals surface area contributed by atoms with Crippen LogP contribution in [0.3, 0.4) is 0 Å². The topological polar surface area (TPSA) is 62.5 Å². The van der Waals surface area contributed by atoms with Crippen LogP contribution in [0.15, 0.2) is 40.8 Å². The lowest BCUT2D eigenvalue weighted by Crippen LogP contribution is -1.98. The van der Waals surface area contributed by atoms with Crippen molar-refractivity contribution in [2.24, 2.45) is 0 Å². The highest BCUT2D eigenvalue weighted by molar-refractivity contribution is 6.30. The summed E-state index contributed by atoms with van der Waals surface area (Å²) in [5, 5.41) is 12.4. The smallest absolute Gasteiger partial charge is 0.371 e. The zero-order valence-electron chi connectivity index (χ0n) is 8.81. The number of benzene rings is 1. The highest BCUT2D eigenvalue weighted by Crippen LogP contribution is 2.16. The highest BCUT2D eigenvalue weighted by atomic mass is 35.5. The molecule has 0 saturated carbocycles. The van der Waals surface area contributed by atoms with Gasteiger partial charge in [-0.15, -0.1) is 0 Å². The third-order valence-electron chi connectivity index (χ3n) is 2.16. The van der Waals surface area contributed by atoms with Crippen molar-refractivity contribution in [2.75, 3.05) is 5.32 Å². The van der Waals surface area contributed by atoms with E-state index in [1.807, 2.05) is 12.1 Å². The summed E-state index contributed by atoms with van der Waals surface area (Å²) in [6.45, 7) is 0.410. The molecule has 0 aliphatic rings. The van der Waals surface area contributed by atoms with Crippen molar-refractivity contribution in [2.45, 2.75) is 6.54 Å². The molecule has 0 fully saturated rings. The van der Waals surface area contributed by atoms with Gasteiger partial charge in [-0.2, -0.15) is 0 Å². The summed E-state index contributed by atoms with van der Waals surface area (Å²) in [5.74, 6) is -0.575. The maximum Gasteiger partial charge on any atom is 0.371 e. The van der Waals surface area contributed by atoms with Crippen LogP contribution in [-0.2, 0) is 6.54 Å². The zero-order chi connectivity index (χ0) is 12.3. The first kappa shape index (κ1) is 11.5. The Balaban J connectivity index is 2.00. The van der Waals surface area contributed by atoms with E-state index in [4.69, 9.17) is 21.1 Å². The first-order chi connectivity index (χ1) is 8.15. The van der Waals surface area contributed by atoms with Gasteiger partial charge >= 0.3 is 5.97 Å². The highest BCUT2D eigenvalue weighted by Gasteiger charge is 2.08. The Kier molecular flexibility index (Phi) is 3.35. The summed E-state index contributed by atoms with van der Waals surface area (Å²) in [4.78, 5) is 10.6. The van der Waals surface area contributed by atoms with Crippen LogP contribution in [0.5, 0.6) is 0 Å². The van der Waals surface area contributed by atoms with Crippen molar-refractivity contribution < 1.29 is 14.3 Å². The van der Waals surface area contributed by atoms with Gasteiger partial charge in [0.05, 0.1) is 6.54 Å². The van der Waals surface area contributed by atoms with Gasteiger partial charge in [0.25, 0.3) is 0 Å². The minimum atomic E-state index is -1.07. The number of hydrogen-bond donors (Lipinski definition) is 2. The summed E-state index contributed by atoms with van der Waals surface area (Å²) in [6.07, 6.45) is 0. The van der Waals surface area contributed by atoms with E-state index in [0.717, 1.165) is 5.69 Å². The lowest BCUT2D eigenvalue weighted by molar-refractivity contribution is 0.0660. The van der Waals surface area contributed by atoms with Crippen molar-refractivity contribution in [1.29, 1.82) is 0 Å². The number of carbonyl (C=O) groups is 1. The first-order valence-corrected chi connectivity index (χ1v) is 5.34. The summed E-state index contributed by atoms with van der Waals surface area (Å²) < 4.78 is 5.10. The minimum Gasteiger partial charge on any atom is -0.475 e. The van der Waals surface area contributed by atoms with Crippen molar-refractivity contribution >= 4 is 23.3 Å². The number of nitrogens with one attached hydrogen (secondary N) is 1. The molecule has 2 rings (SSSR count). The molecule has 5 heteroatoms. The lowest BCUT2D eigenvalue weighted by atomic mass is 10.3. The van der Waals surface area contributed by atoms with Gasteiger partial charge in [0.1, 0.15) is 5.76 Å². The monoisotopic (exact) mass is 251 g/mol. The van der Waals surface area contributed by atoms with Crippen LogP contribution in [0.4, 0.5) is 5.69 Å². The molecule has 0 unspecified atom stereocenters. The molecule has 2 aromatic rings. The normalized spacial score (nSPS) is 10.2. The van der Waals surface area contributed by atoms with E-state index in [1.54, 1.807) is 18.2 Å². The number of furan rings is 1. The predicted octanol–water partition coefficient (Wildman–Crippen LogP) is 3.24. The fourth-order valence-corrected chi connectivity index (χ4v) is 1.57. The summed E-state index contributed by atoms with van der Waals surface area (Å²) in [6, 6.07) is 10.3. The van der Waals surface area contributed by atoms with E-state index in [1.165, 1.54) is 6.07 Å². The molecule has 0 saturated heterocycles. The van der Waals surface area contributed by atoms with E-state index in [0.29, 0.717) is 17.3 Å². The van der Waals surface area contributed by atoms with E-state index in [9.17, 15) is 4.79 Å². The number of rotatable bonds is 4. The molecule has 1 aromatic heterocycles. The number of hydrogen-bond acceptors (Lipinski definition) is 3. The van der Waals surface area contributed by atoms with Crippen LogP contribution >= 0.6 is 11.6 Å². The number of carboxylic acid groups (broad SMARTS) is 1. The molecule has 0 atom stereocenters. The Hall–Kier alpha value is -1.94. The lowest BCUT2D eigenvalue weighted by Gasteiger charge is -2.04. The number of halogens is 1. The molecule has 0 amide bonds. The Morgan fingerprint density at radius 2 is 2.18 bits per heavy atom. The van der Waals surface area contributed by atoms with Gasteiger partial charge in [-0.3, -0.25) is 0 Å². The summed E-state index contributed by atoms with van der Waals surface area (Å²) in [5.41, 5.74) is 0.853. The molecular formula is C12H10ClNO3. The molecule has 0 radical (unpaired) electrons. The fraction of sp³-hybridized carbons (Fsp3) is 0.0833.